The highest BCUT2D eigenvalue weighted by atomic mass is 16.7. The lowest BCUT2D eigenvalue weighted by atomic mass is 9.79. The van der Waals surface area contributed by atoms with Gasteiger partial charge in [0.2, 0.25) is 6.29 Å². The number of rotatable bonds is 3. The van der Waals surface area contributed by atoms with Crippen molar-refractivity contribution in [1.82, 2.24) is 5.32 Å². The summed E-state index contributed by atoms with van der Waals surface area (Å²) in [7, 11) is 1.29. The second-order valence-electron chi connectivity index (χ2n) is 7.11. The molecule has 7 nitrogen and oxygen atoms in total. The van der Waals surface area contributed by atoms with Crippen molar-refractivity contribution < 1.29 is 28.6 Å². The summed E-state index contributed by atoms with van der Waals surface area (Å²) >= 11 is 0. The summed E-state index contributed by atoms with van der Waals surface area (Å²) in [4.78, 5) is 36.7. The van der Waals surface area contributed by atoms with E-state index in [4.69, 9.17) is 14.2 Å². The van der Waals surface area contributed by atoms with Gasteiger partial charge in [-0.25, -0.2) is 0 Å². The molecule has 2 heterocycles. The van der Waals surface area contributed by atoms with Crippen LogP contribution in [0.1, 0.15) is 18.5 Å². The quantitative estimate of drug-likeness (QED) is 0.808. The topological polar surface area (TPSA) is 90.9 Å². The molecule has 2 aliphatic rings. The number of methoxy groups -OCH3 is 1. The molecule has 2 aromatic carbocycles. The van der Waals surface area contributed by atoms with E-state index >= 15 is 0 Å². The van der Waals surface area contributed by atoms with Crippen LogP contribution >= 0.6 is 0 Å². The van der Waals surface area contributed by atoms with E-state index < -0.39 is 42.1 Å². The Balaban J connectivity index is 1.75. The number of benzene rings is 2. The Bertz CT molecular complexity index is 941. The highest BCUT2D eigenvalue weighted by molar-refractivity contribution is 5.88. The standard InChI is InChI=1S/C21H21NO6/c1-11(23)28-21-17-16(15(24)10-27-21)18(22-19(17)20(25)26-2)14-8-7-12-5-3-4-6-13(12)9-14/h3-9,16-19,21-22H,10H2,1-2H3/t16-,17+,18-,19-,21+/m0/s1. The average Bonchev–Trinajstić information content (AvgIpc) is 3.10. The maximum absolute atomic E-state index is 12.8. The molecule has 0 aromatic heterocycles. The zero-order chi connectivity index (χ0) is 19.8. The largest absolute Gasteiger partial charge is 0.468 e. The molecule has 28 heavy (non-hydrogen) atoms. The number of carbonyl (C=O) groups excluding carboxylic acids is 3. The number of hydrogen-bond acceptors (Lipinski definition) is 7. The molecular formula is C21H21NO6. The van der Waals surface area contributed by atoms with Crippen LogP contribution in [0.3, 0.4) is 0 Å². The van der Waals surface area contributed by atoms with Gasteiger partial charge in [-0.2, -0.15) is 0 Å². The number of carbonyl (C=O) groups is 3. The third-order valence-electron chi connectivity index (χ3n) is 5.46. The Morgan fingerprint density at radius 2 is 1.89 bits per heavy atom. The normalized spacial score (nSPS) is 29.4. The van der Waals surface area contributed by atoms with E-state index in [0.29, 0.717) is 0 Å². The molecule has 0 radical (unpaired) electrons. The van der Waals surface area contributed by atoms with E-state index in [9.17, 15) is 14.4 Å². The highest BCUT2D eigenvalue weighted by Gasteiger charge is 2.57. The molecule has 0 bridgehead atoms. The Labute approximate surface area is 161 Å². The van der Waals surface area contributed by atoms with Gasteiger partial charge in [0.25, 0.3) is 0 Å². The SMILES string of the molecule is COC(=O)[C@H]1N[C@@H](c2ccc3ccccc3c2)[C@H]2C(=O)CO[C@H](OC(C)=O)[C@H]21. The van der Waals surface area contributed by atoms with Crippen molar-refractivity contribution in [3.05, 3.63) is 48.0 Å². The van der Waals surface area contributed by atoms with Gasteiger partial charge in [0.05, 0.1) is 18.9 Å². The average molecular weight is 383 g/mol. The molecular weight excluding hydrogens is 362 g/mol. The predicted octanol–water partition coefficient (Wildman–Crippen LogP) is 1.75. The van der Waals surface area contributed by atoms with Crippen molar-refractivity contribution in [2.24, 2.45) is 11.8 Å². The Morgan fingerprint density at radius 1 is 1.14 bits per heavy atom. The van der Waals surface area contributed by atoms with E-state index in [0.717, 1.165) is 16.3 Å². The van der Waals surface area contributed by atoms with Gasteiger partial charge in [-0.1, -0.05) is 36.4 Å². The maximum Gasteiger partial charge on any atom is 0.323 e. The predicted molar refractivity (Wildman–Crippen MR) is 99.1 cm³/mol. The van der Waals surface area contributed by atoms with Crippen LogP contribution in [0.15, 0.2) is 42.5 Å². The Kier molecular flexibility index (Phi) is 4.87. The summed E-state index contributed by atoms with van der Waals surface area (Å²) < 4.78 is 15.6. The second-order valence-corrected chi connectivity index (χ2v) is 7.11. The van der Waals surface area contributed by atoms with Crippen LogP contribution in [-0.4, -0.2) is 43.8 Å². The van der Waals surface area contributed by atoms with E-state index in [-0.39, 0.29) is 12.4 Å². The first kappa shape index (κ1) is 18.6. The fourth-order valence-electron chi connectivity index (χ4n) is 4.27. The first-order chi connectivity index (χ1) is 13.5. The molecule has 2 fully saturated rings. The van der Waals surface area contributed by atoms with Crippen LogP contribution in [-0.2, 0) is 28.6 Å². The minimum absolute atomic E-state index is 0.134. The van der Waals surface area contributed by atoms with Crippen molar-refractivity contribution in [2.45, 2.75) is 25.3 Å². The minimum Gasteiger partial charge on any atom is -0.468 e. The lowest BCUT2D eigenvalue weighted by Crippen LogP contribution is -2.49. The van der Waals surface area contributed by atoms with Crippen LogP contribution in [0.25, 0.3) is 10.8 Å². The molecule has 7 heteroatoms. The molecule has 0 saturated carbocycles. The van der Waals surface area contributed by atoms with Gasteiger partial charge in [-0.3, -0.25) is 19.7 Å². The monoisotopic (exact) mass is 383 g/mol. The number of Topliss-reactive ketones (excluding diaryl/α,β-unsaturated/α-hetero) is 1. The zero-order valence-corrected chi connectivity index (χ0v) is 15.6. The fourth-order valence-corrected chi connectivity index (χ4v) is 4.27. The molecule has 146 valence electrons. The van der Waals surface area contributed by atoms with Gasteiger partial charge < -0.3 is 14.2 Å². The molecule has 0 unspecified atom stereocenters. The number of ketones is 1. The third kappa shape index (κ3) is 3.16. The smallest absolute Gasteiger partial charge is 0.323 e. The van der Waals surface area contributed by atoms with Crippen molar-refractivity contribution in [2.75, 3.05) is 13.7 Å². The molecule has 0 spiro atoms. The van der Waals surface area contributed by atoms with Gasteiger partial charge >= 0.3 is 11.9 Å². The van der Waals surface area contributed by atoms with E-state index in [1.165, 1.54) is 14.0 Å². The van der Waals surface area contributed by atoms with Crippen LogP contribution in [0.2, 0.25) is 0 Å². The van der Waals surface area contributed by atoms with Crippen molar-refractivity contribution in [3.63, 3.8) is 0 Å². The van der Waals surface area contributed by atoms with E-state index in [2.05, 4.69) is 5.32 Å². The fraction of sp³-hybridized carbons (Fsp3) is 0.381. The summed E-state index contributed by atoms with van der Waals surface area (Å²) in [5, 5.41) is 5.35. The summed E-state index contributed by atoms with van der Waals surface area (Å²) in [5.41, 5.74) is 0.886. The van der Waals surface area contributed by atoms with Crippen LogP contribution in [0.4, 0.5) is 0 Å². The highest BCUT2D eigenvalue weighted by Crippen LogP contribution is 2.44. The zero-order valence-electron chi connectivity index (χ0n) is 15.6. The molecule has 1 N–H and O–H groups in total. The lowest BCUT2D eigenvalue weighted by molar-refractivity contribution is -0.209. The first-order valence-electron chi connectivity index (χ1n) is 9.13. The summed E-state index contributed by atoms with van der Waals surface area (Å²) in [6, 6.07) is 12.6. The van der Waals surface area contributed by atoms with Crippen molar-refractivity contribution >= 4 is 28.5 Å². The molecule has 0 aliphatic carbocycles. The van der Waals surface area contributed by atoms with Crippen molar-refractivity contribution in [1.29, 1.82) is 0 Å². The number of ether oxygens (including phenoxy) is 3. The van der Waals surface area contributed by atoms with Crippen LogP contribution in [0.5, 0.6) is 0 Å². The van der Waals surface area contributed by atoms with Crippen molar-refractivity contribution in [3.8, 4) is 0 Å². The maximum atomic E-state index is 12.8. The molecule has 4 rings (SSSR count). The third-order valence-corrected chi connectivity index (χ3v) is 5.46. The van der Waals surface area contributed by atoms with Gasteiger partial charge in [-0.05, 0) is 22.4 Å². The Hall–Kier alpha value is -2.77. The van der Waals surface area contributed by atoms with Gasteiger partial charge in [0.1, 0.15) is 12.6 Å². The van der Waals surface area contributed by atoms with E-state index in [1.54, 1.807) is 0 Å². The second kappa shape index (κ2) is 7.33. The van der Waals surface area contributed by atoms with Gasteiger partial charge in [-0.15, -0.1) is 0 Å². The van der Waals surface area contributed by atoms with Crippen LogP contribution in [0, 0.1) is 11.8 Å². The van der Waals surface area contributed by atoms with E-state index in [1.807, 2.05) is 42.5 Å². The molecule has 0 amide bonds. The molecule has 2 aromatic rings. The number of esters is 2. The number of hydrogen-bond donors (Lipinski definition) is 1. The van der Waals surface area contributed by atoms with Gasteiger partial charge in [0.15, 0.2) is 5.78 Å². The number of nitrogens with one attached hydrogen (secondary N) is 1. The summed E-state index contributed by atoms with van der Waals surface area (Å²) in [6.07, 6.45) is -0.984. The molecule has 2 aliphatic heterocycles. The summed E-state index contributed by atoms with van der Waals surface area (Å²) in [5.74, 6) is -2.41. The lowest BCUT2D eigenvalue weighted by Gasteiger charge is -2.34. The minimum atomic E-state index is -0.984. The molecule has 5 atom stereocenters. The number of fused-ring (bicyclic) bond motifs is 2. The molecule has 2 saturated heterocycles. The van der Waals surface area contributed by atoms with Crippen LogP contribution < -0.4 is 5.32 Å². The summed E-state index contributed by atoms with van der Waals surface area (Å²) in [6.45, 7) is 1.10. The van der Waals surface area contributed by atoms with Gasteiger partial charge in [0, 0.05) is 13.0 Å². The Morgan fingerprint density at radius 3 is 2.61 bits per heavy atom. The first-order valence-corrected chi connectivity index (χ1v) is 9.13.